The molecule has 150 valence electrons. The van der Waals surface area contributed by atoms with Crippen molar-refractivity contribution in [3.8, 4) is 5.75 Å². The third-order valence-electron chi connectivity index (χ3n) is 4.95. The SMILES string of the molecule is CN(C)c1ccc2c(c1)OC(C)(C)[C@H](O)[C@H]2OC(=O)NCCc1ccccc1. The van der Waals surface area contributed by atoms with Crippen molar-refractivity contribution < 1.29 is 19.4 Å². The molecule has 0 aromatic heterocycles. The standard InChI is InChI=1S/C22H28N2O4/c1-22(2)20(25)19(17-11-10-16(24(3)4)14-18(17)28-22)27-21(26)23-13-12-15-8-6-5-7-9-15/h5-11,14,19-20,25H,12-13H2,1-4H3,(H,23,26)/t19-,20+/m0/s1. The van der Waals surface area contributed by atoms with Gasteiger partial charge in [-0.3, -0.25) is 0 Å². The highest BCUT2D eigenvalue weighted by Crippen LogP contribution is 2.43. The van der Waals surface area contributed by atoms with Crippen LogP contribution in [0.2, 0.25) is 0 Å². The van der Waals surface area contributed by atoms with Crippen LogP contribution in [0.25, 0.3) is 0 Å². The number of anilines is 1. The molecule has 0 fully saturated rings. The second-order valence-corrected chi connectivity index (χ2v) is 7.76. The van der Waals surface area contributed by atoms with Gasteiger partial charge >= 0.3 is 6.09 Å². The summed E-state index contributed by atoms with van der Waals surface area (Å²) in [5.41, 5.74) is 1.89. The van der Waals surface area contributed by atoms with Crippen LogP contribution in [0.4, 0.5) is 10.5 Å². The van der Waals surface area contributed by atoms with Crippen LogP contribution >= 0.6 is 0 Å². The van der Waals surface area contributed by atoms with Crippen molar-refractivity contribution in [2.24, 2.45) is 0 Å². The van der Waals surface area contributed by atoms with Gasteiger partial charge in [0.15, 0.2) is 6.10 Å². The quantitative estimate of drug-likeness (QED) is 0.828. The van der Waals surface area contributed by atoms with Crippen molar-refractivity contribution in [3.63, 3.8) is 0 Å². The molecule has 0 saturated carbocycles. The highest BCUT2D eigenvalue weighted by Gasteiger charge is 2.45. The number of hydrogen-bond acceptors (Lipinski definition) is 5. The fraction of sp³-hybridized carbons (Fsp3) is 0.409. The molecule has 28 heavy (non-hydrogen) atoms. The largest absolute Gasteiger partial charge is 0.484 e. The van der Waals surface area contributed by atoms with E-state index >= 15 is 0 Å². The number of carbonyl (C=O) groups is 1. The summed E-state index contributed by atoms with van der Waals surface area (Å²) in [4.78, 5) is 14.3. The van der Waals surface area contributed by atoms with E-state index in [0.717, 1.165) is 11.3 Å². The lowest BCUT2D eigenvalue weighted by Crippen LogP contribution is -2.50. The molecule has 2 aromatic rings. The Hall–Kier alpha value is -2.73. The first-order chi connectivity index (χ1) is 13.3. The lowest BCUT2D eigenvalue weighted by atomic mass is 9.88. The van der Waals surface area contributed by atoms with Crippen LogP contribution < -0.4 is 15.0 Å². The summed E-state index contributed by atoms with van der Waals surface area (Å²) in [6.45, 7) is 4.02. The number of hydrogen-bond donors (Lipinski definition) is 2. The molecule has 2 atom stereocenters. The van der Waals surface area contributed by atoms with Crippen molar-refractivity contribution in [2.75, 3.05) is 25.5 Å². The summed E-state index contributed by atoms with van der Waals surface area (Å²) >= 11 is 0. The first-order valence-corrected chi connectivity index (χ1v) is 9.44. The number of aliphatic hydroxyl groups excluding tert-OH is 1. The number of amides is 1. The van der Waals surface area contributed by atoms with Crippen LogP contribution in [-0.2, 0) is 11.2 Å². The second kappa shape index (κ2) is 8.10. The number of fused-ring (bicyclic) bond motifs is 1. The van der Waals surface area contributed by atoms with Gasteiger partial charge in [-0.25, -0.2) is 4.79 Å². The molecule has 1 amide bonds. The second-order valence-electron chi connectivity index (χ2n) is 7.76. The molecule has 6 nitrogen and oxygen atoms in total. The highest BCUT2D eigenvalue weighted by molar-refractivity contribution is 5.68. The molecule has 1 aliphatic heterocycles. The van der Waals surface area contributed by atoms with Crippen molar-refractivity contribution in [2.45, 2.75) is 38.1 Å². The minimum Gasteiger partial charge on any atom is -0.484 e. The predicted molar refractivity (Wildman–Crippen MR) is 109 cm³/mol. The Morgan fingerprint density at radius 2 is 1.93 bits per heavy atom. The summed E-state index contributed by atoms with van der Waals surface area (Å²) in [6, 6.07) is 15.6. The molecule has 2 aromatic carbocycles. The lowest BCUT2D eigenvalue weighted by molar-refractivity contribution is -0.113. The molecule has 0 unspecified atom stereocenters. The van der Waals surface area contributed by atoms with E-state index in [1.54, 1.807) is 13.8 Å². The Morgan fingerprint density at radius 3 is 2.61 bits per heavy atom. The number of ether oxygens (including phenoxy) is 2. The monoisotopic (exact) mass is 384 g/mol. The van der Waals surface area contributed by atoms with E-state index in [9.17, 15) is 9.90 Å². The molecular formula is C22H28N2O4. The molecule has 0 aliphatic carbocycles. The number of carbonyl (C=O) groups excluding carboxylic acids is 1. The van der Waals surface area contributed by atoms with E-state index in [1.807, 2.05) is 67.5 Å². The molecular weight excluding hydrogens is 356 g/mol. The van der Waals surface area contributed by atoms with Gasteiger partial charge in [0.1, 0.15) is 17.5 Å². The summed E-state index contributed by atoms with van der Waals surface area (Å²) in [5, 5.41) is 13.5. The van der Waals surface area contributed by atoms with E-state index in [1.165, 1.54) is 0 Å². The fourth-order valence-corrected chi connectivity index (χ4v) is 3.24. The molecule has 3 rings (SSSR count). The number of benzene rings is 2. The van der Waals surface area contributed by atoms with Crippen LogP contribution in [0.15, 0.2) is 48.5 Å². The number of alkyl carbamates (subject to hydrolysis) is 1. The average molecular weight is 384 g/mol. The minimum atomic E-state index is -0.981. The average Bonchev–Trinajstić information content (AvgIpc) is 2.65. The van der Waals surface area contributed by atoms with Gasteiger partial charge in [-0.15, -0.1) is 0 Å². The summed E-state index contributed by atoms with van der Waals surface area (Å²) in [5.74, 6) is 0.614. The van der Waals surface area contributed by atoms with Crippen molar-refractivity contribution >= 4 is 11.8 Å². The van der Waals surface area contributed by atoms with Crippen LogP contribution in [0.5, 0.6) is 5.75 Å². The minimum absolute atomic E-state index is 0.456. The maximum atomic E-state index is 12.3. The highest BCUT2D eigenvalue weighted by atomic mass is 16.6. The first-order valence-electron chi connectivity index (χ1n) is 9.44. The Bertz CT molecular complexity index is 821. The molecule has 0 saturated heterocycles. The topological polar surface area (TPSA) is 71.0 Å². The summed E-state index contributed by atoms with van der Waals surface area (Å²) in [6.07, 6.45) is -1.63. The third kappa shape index (κ3) is 4.39. The zero-order valence-corrected chi connectivity index (χ0v) is 16.8. The molecule has 0 spiro atoms. The van der Waals surface area contributed by atoms with Gasteiger partial charge in [-0.05, 0) is 38.0 Å². The van der Waals surface area contributed by atoms with Crippen molar-refractivity contribution in [3.05, 3.63) is 59.7 Å². The maximum Gasteiger partial charge on any atom is 0.407 e. The number of nitrogens with zero attached hydrogens (tertiary/aromatic N) is 1. The van der Waals surface area contributed by atoms with Crippen molar-refractivity contribution in [1.82, 2.24) is 5.32 Å². The smallest absolute Gasteiger partial charge is 0.407 e. The molecule has 1 heterocycles. The van der Waals surface area contributed by atoms with Gasteiger partial charge in [-0.2, -0.15) is 0 Å². The first kappa shape index (κ1) is 20.0. The third-order valence-corrected chi connectivity index (χ3v) is 4.95. The molecule has 0 radical (unpaired) electrons. The van der Waals surface area contributed by atoms with Gasteiger partial charge < -0.3 is 24.8 Å². The zero-order chi connectivity index (χ0) is 20.3. The Labute approximate surface area is 166 Å². The summed E-state index contributed by atoms with van der Waals surface area (Å²) < 4.78 is 11.6. The summed E-state index contributed by atoms with van der Waals surface area (Å²) in [7, 11) is 3.89. The Balaban J connectivity index is 1.70. The number of aliphatic hydroxyl groups is 1. The van der Waals surface area contributed by atoms with Gasteiger partial charge in [0, 0.05) is 38.0 Å². The Morgan fingerprint density at radius 1 is 1.21 bits per heavy atom. The van der Waals surface area contributed by atoms with Crippen LogP contribution in [-0.4, -0.2) is 43.5 Å². The van der Waals surface area contributed by atoms with Gasteiger partial charge in [-0.1, -0.05) is 30.3 Å². The van der Waals surface area contributed by atoms with Gasteiger partial charge in [0.2, 0.25) is 0 Å². The van der Waals surface area contributed by atoms with E-state index < -0.39 is 23.9 Å². The fourth-order valence-electron chi connectivity index (χ4n) is 3.24. The zero-order valence-electron chi connectivity index (χ0n) is 16.8. The Kier molecular flexibility index (Phi) is 5.79. The van der Waals surface area contributed by atoms with Crippen molar-refractivity contribution in [1.29, 1.82) is 0 Å². The van der Waals surface area contributed by atoms with Gasteiger partial charge in [0.25, 0.3) is 0 Å². The lowest BCUT2D eigenvalue weighted by Gasteiger charge is -2.41. The van der Waals surface area contributed by atoms with E-state index in [4.69, 9.17) is 9.47 Å². The van der Waals surface area contributed by atoms with Crippen LogP contribution in [0.3, 0.4) is 0 Å². The van der Waals surface area contributed by atoms with E-state index in [-0.39, 0.29) is 0 Å². The molecule has 1 aliphatic rings. The predicted octanol–water partition coefficient (Wildman–Crippen LogP) is 3.29. The van der Waals surface area contributed by atoms with Crippen LogP contribution in [0.1, 0.15) is 31.1 Å². The van der Waals surface area contributed by atoms with Gasteiger partial charge in [0.05, 0.1) is 0 Å². The molecule has 2 N–H and O–H groups in total. The molecule has 0 bridgehead atoms. The number of rotatable bonds is 5. The van der Waals surface area contributed by atoms with E-state index in [0.29, 0.717) is 24.3 Å². The van der Waals surface area contributed by atoms with E-state index in [2.05, 4.69) is 5.32 Å². The number of nitrogens with one attached hydrogen (secondary N) is 1. The molecule has 6 heteroatoms. The normalized spacial score (nSPS) is 19.9. The maximum absolute atomic E-state index is 12.3. The van der Waals surface area contributed by atoms with Crippen LogP contribution in [0, 0.1) is 0 Å².